The average Bonchev–Trinajstić information content (AvgIpc) is 2.73. The number of ether oxygens (including phenoxy) is 1. The summed E-state index contributed by atoms with van der Waals surface area (Å²) in [4.78, 5) is 12.6. The molecule has 0 spiro atoms. The first-order valence-corrected chi connectivity index (χ1v) is 12.0. The number of hydrogen-bond acceptors (Lipinski definition) is 4. The van der Waals surface area contributed by atoms with Crippen LogP contribution < -0.4 is 15.4 Å². The molecule has 2 rings (SSSR count). The lowest BCUT2D eigenvalue weighted by Gasteiger charge is -2.20. The van der Waals surface area contributed by atoms with Gasteiger partial charge in [-0.05, 0) is 44.5 Å². The van der Waals surface area contributed by atoms with Crippen molar-refractivity contribution < 1.29 is 17.9 Å². The molecule has 0 aliphatic carbocycles. The lowest BCUT2D eigenvalue weighted by Crippen LogP contribution is -2.36. The van der Waals surface area contributed by atoms with Gasteiger partial charge >= 0.3 is 6.03 Å². The molecular formula is C23H33N3O4S. The fourth-order valence-electron chi connectivity index (χ4n) is 3.17. The molecule has 0 radical (unpaired) electrons. The van der Waals surface area contributed by atoms with E-state index >= 15 is 0 Å². The summed E-state index contributed by atoms with van der Waals surface area (Å²) >= 11 is 0. The number of carbonyl (C=O) groups is 1. The maximum atomic E-state index is 12.6. The van der Waals surface area contributed by atoms with Crippen LogP contribution in [0.15, 0.2) is 53.4 Å². The largest absolute Gasteiger partial charge is 0.491 e. The molecule has 0 aliphatic heterocycles. The van der Waals surface area contributed by atoms with Crippen LogP contribution in [0.5, 0.6) is 5.75 Å². The van der Waals surface area contributed by atoms with Crippen LogP contribution in [-0.2, 0) is 16.6 Å². The Kier molecular flexibility index (Phi) is 8.88. The zero-order valence-corrected chi connectivity index (χ0v) is 19.7. The smallest absolute Gasteiger partial charge is 0.315 e. The molecule has 0 bridgehead atoms. The number of rotatable bonds is 10. The third kappa shape index (κ3) is 6.70. The monoisotopic (exact) mass is 447 g/mol. The fraction of sp³-hybridized carbons (Fsp3) is 0.435. The van der Waals surface area contributed by atoms with Crippen LogP contribution in [0.4, 0.5) is 4.79 Å². The Hall–Kier alpha value is -2.58. The number of urea groups is 1. The van der Waals surface area contributed by atoms with Gasteiger partial charge in [-0.1, -0.05) is 44.2 Å². The lowest BCUT2D eigenvalue weighted by molar-refractivity contribution is 0.234. The highest BCUT2D eigenvalue weighted by Crippen LogP contribution is 2.20. The van der Waals surface area contributed by atoms with Gasteiger partial charge in [-0.15, -0.1) is 0 Å². The molecule has 2 N–H and O–H groups in total. The van der Waals surface area contributed by atoms with E-state index in [0.717, 1.165) is 16.9 Å². The third-order valence-electron chi connectivity index (χ3n) is 4.85. The maximum absolute atomic E-state index is 12.6. The molecule has 31 heavy (non-hydrogen) atoms. The second kappa shape index (κ2) is 11.2. The first kappa shape index (κ1) is 24.7. The number of para-hydroxylation sites is 1. The molecule has 2 aromatic carbocycles. The van der Waals surface area contributed by atoms with Gasteiger partial charge in [0.1, 0.15) is 5.75 Å². The SMILES string of the molecule is CCN(CC)S(=O)(=O)c1ccc(C(C)NC(=O)NCc2ccccc2OC(C)C)cc1. The minimum absolute atomic E-state index is 0.0449. The lowest BCUT2D eigenvalue weighted by atomic mass is 10.1. The summed E-state index contributed by atoms with van der Waals surface area (Å²) in [5.74, 6) is 0.746. The highest BCUT2D eigenvalue weighted by molar-refractivity contribution is 7.89. The van der Waals surface area contributed by atoms with Crippen LogP contribution in [0.1, 0.15) is 51.8 Å². The van der Waals surface area contributed by atoms with E-state index in [1.165, 1.54) is 4.31 Å². The summed E-state index contributed by atoms with van der Waals surface area (Å²) in [7, 11) is -3.50. The predicted octanol–water partition coefficient (Wildman–Crippen LogP) is 4.06. The van der Waals surface area contributed by atoms with Gasteiger partial charge in [0.2, 0.25) is 10.0 Å². The topological polar surface area (TPSA) is 87.7 Å². The van der Waals surface area contributed by atoms with E-state index in [0.29, 0.717) is 19.6 Å². The highest BCUT2D eigenvalue weighted by atomic mass is 32.2. The maximum Gasteiger partial charge on any atom is 0.315 e. The van der Waals surface area contributed by atoms with E-state index < -0.39 is 10.0 Å². The van der Waals surface area contributed by atoms with E-state index in [2.05, 4.69) is 10.6 Å². The Labute approximate surface area is 185 Å². The second-order valence-corrected chi connectivity index (χ2v) is 9.42. The van der Waals surface area contributed by atoms with Crippen molar-refractivity contribution in [2.24, 2.45) is 0 Å². The molecule has 0 fully saturated rings. The molecule has 0 aromatic heterocycles. The number of carbonyl (C=O) groups excluding carboxylic acids is 1. The van der Waals surface area contributed by atoms with Gasteiger partial charge < -0.3 is 15.4 Å². The normalized spacial score (nSPS) is 12.6. The highest BCUT2D eigenvalue weighted by Gasteiger charge is 2.21. The van der Waals surface area contributed by atoms with Gasteiger partial charge in [-0.3, -0.25) is 0 Å². The van der Waals surface area contributed by atoms with E-state index in [1.54, 1.807) is 24.3 Å². The number of nitrogens with zero attached hydrogens (tertiary/aromatic N) is 1. The van der Waals surface area contributed by atoms with Crippen molar-refractivity contribution in [3.8, 4) is 5.75 Å². The third-order valence-corrected chi connectivity index (χ3v) is 6.91. The zero-order chi connectivity index (χ0) is 23.0. The van der Waals surface area contributed by atoms with E-state index in [-0.39, 0.29) is 23.1 Å². The molecule has 8 heteroatoms. The first-order chi connectivity index (χ1) is 14.7. The summed E-state index contributed by atoms with van der Waals surface area (Å²) in [5.41, 5.74) is 1.71. The molecule has 0 aliphatic rings. The predicted molar refractivity (Wildman–Crippen MR) is 123 cm³/mol. The summed E-state index contributed by atoms with van der Waals surface area (Å²) in [6.45, 7) is 10.6. The van der Waals surface area contributed by atoms with Crippen molar-refractivity contribution >= 4 is 16.1 Å². The number of nitrogens with one attached hydrogen (secondary N) is 2. The molecule has 2 aromatic rings. The van der Waals surface area contributed by atoms with Gasteiger partial charge in [0, 0.05) is 25.2 Å². The van der Waals surface area contributed by atoms with Gasteiger partial charge in [0.25, 0.3) is 0 Å². The zero-order valence-electron chi connectivity index (χ0n) is 18.9. The molecule has 170 valence electrons. The van der Waals surface area contributed by atoms with Crippen LogP contribution >= 0.6 is 0 Å². The Morgan fingerprint density at radius 3 is 2.19 bits per heavy atom. The van der Waals surface area contributed by atoms with Crippen LogP contribution in [0.2, 0.25) is 0 Å². The molecule has 0 saturated heterocycles. The second-order valence-electron chi connectivity index (χ2n) is 7.48. The van der Waals surface area contributed by atoms with Crippen LogP contribution in [0, 0.1) is 0 Å². The Morgan fingerprint density at radius 2 is 1.61 bits per heavy atom. The quantitative estimate of drug-likeness (QED) is 0.575. The molecule has 0 saturated carbocycles. The van der Waals surface area contributed by atoms with E-state index in [4.69, 9.17) is 4.74 Å². The minimum atomic E-state index is -3.50. The summed E-state index contributed by atoms with van der Waals surface area (Å²) < 4.78 is 32.4. The molecular weight excluding hydrogens is 414 g/mol. The van der Waals surface area contributed by atoms with Gasteiger partial charge in [0.15, 0.2) is 0 Å². The van der Waals surface area contributed by atoms with Crippen molar-refractivity contribution in [3.05, 3.63) is 59.7 Å². The number of sulfonamides is 1. The van der Waals surface area contributed by atoms with Crippen LogP contribution in [0.3, 0.4) is 0 Å². The van der Waals surface area contributed by atoms with Crippen molar-refractivity contribution in [1.82, 2.24) is 14.9 Å². The summed E-state index contributed by atoms with van der Waals surface area (Å²) in [6.07, 6.45) is 0.0449. The van der Waals surface area contributed by atoms with Crippen molar-refractivity contribution in [1.29, 1.82) is 0 Å². The molecule has 1 atom stereocenters. The Bertz CT molecular complexity index is 955. The van der Waals surface area contributed by atoms with Crippen molar-refractivity contribution in [3.63, 3.8) is 0 Å². The molecule has 1 unspecified atom stereocenters. The Morgan fingerprint density at radius 1 is 1.00 bits per heavy atom. The number of amides is 2. The van der Waals surface area contributed by atoms with Crippen LogP contribution in [0.25, 0.3) is 0 Å². The van der Waals surface area contributed by atoms with Crippen molar-refractivity contribution in [2.75, 3.05) is 13.1 Å². The molecule has 7 nitrogen and oxygen atoms in total. The minimum Gasteiger partial charge on any atom is -0.491 e. The number of hydrogen-bond donors (Lipinski definition) is 2. The molecule has 2 amide bonds. The van der Waals surface area contributed by atoms with E-state index in [1.807, 2.05) is 58.9 Å². The molecule has 0 heterocycles. The standard InChI is InChI=1S/C23H33N3O4S/c1-6-26(7-2)31(28,29)21-14-12-19(13-15-21)18(5)25-23(27)24-16-20-10-8-9-11-22(20)30-17(3)4/h8-15,17-18H,6-7,16H2,1-5H3,(H2,24,25,27). The van der Waals surface area contributed by atoms with E-state index in [9.17, 15) is 13.2 Å². The van der Waals surface area contributed by atoms with Gasteiger partial charge in [-0.2, -0.15) is 4.31 Å². The van der Waals surface area contributed by atoms with Gasteiger partial charge in [-0.25, -0.2) is 13.2 Å². The average molecular weight is 448 g/mol. The fourth-order valence-corrected chi connectivity index (χ4v) is 4.62. The Balaban J connectivity index is 1.98. The van der Waals surface area contributed by atoms with Gasteiger partial charge in [0.05, 0.1) is 17.0 Å². The number of benzene rings is 2. The van der Waals surface area contributed by atoms with Crippen molar-refractivity contribution in [2.45, 2.75) is 58.2 Å². The summed E-state index contributed by atoms with van der Waals surface area (Å²) in [6, 6.07) is 13.6. The first-order valence-electron chi connectivity index (χ1n) is 10.6. The van der Waals surface area contributed by atoms with Crippen LogP contribution in [-0.4, -0.2) is 37.9 Å². The summed E-state index contributed by atoms with van der Waals surface area (Å²) in [5, 5.41) is 5.73.